The molecule has 0 spiro atoms. The van der Waals surface area contributed by atoms with Gasteiger partial charge in [0.05, 0.1) is 6.54 Å². The third-order valence-corrected chi connectivity index (χ3v) is 6.21. The average molecular weight is 388 g/mol. The van der Waals surface area contributed by atoms with Gasteiger partial charge in [0, 0.05) is 21.3 Å². The Morgan fingerprint density at radius 2 is 1.86 bits per heavy atom. The molecule has 1 atom stereocenters. The third-order valence-electron chi connectivity index (χ3n) is 4.84. The largest absolute Gasteiger partial charge is 0.482 e. The summed E-state index contributed by atoms with van der Waals surface area (Å²) in [7, 11) is 0. The molecule has 3 aromatic rings. The predicted octanol–water partition coefficient (Wildman–Crippen LogP) is 5.86. The summed E-state index contributed by atoms with van der Waals surface area (Å²) >= 11 is 1.74. The molecule has 3 aromatic carbocycles. The molecule has 2 heterocycles. The molecule has 3 nitrogen and oxygen atoms in total. The van der Waals surface area contributed by atoms with Gasteiger partial charge in [0.1, 0.15) is 6.61 Å². The van der Waals surface area contributed by atoms with Gasteiger partial charge in [-0.05, 0) is 22.4 Å². The first-order valence-electron chi connectivity index (χ1n) is 9.34. The van der Waals surface area contributed by atoms with Gasteiger partial charge < -0.3 is 4.74 Å². The lowest BCUT2D eigenvalue weighted by Gasteiger charge is -2.06. The maximum absolute atomic E-state index is 12.5. The van der Waals surface area contributed by atoms with Crippen molar-refractivity contribution in [2.45, 2.75) is 17.7 Å². The summed E-state index contributed by atoms with van der Waals surface area (Å²) in [6.45, 7) is 3.80. The van der Waals surface area contributed by atoms with Crippen molar-refractivity contribution in [3.05, 3.63) is 88.8 Å². The van der Waals surface area contributed by atoms with E-state index in [1.54, 1.807) is 17.8 Å². The summed E-state index contributed by atoms with van der Waals surface area (Å²) in [4.78, 5) is 18.6. The first kappa shape index (κ1) is 18.5. The van der Waals surface area contributed by atoms with Crippen LogP contribution >= 0.6 is 11.8 Å². The number of rotatable bonds is 2. The van der Waals surface area contributed by atoms with Crippen LogP contribution in [0.25, 0.3) is 10.8 Å². The highest BCUT2D eigenvalue weighted by Crippen LogP contribution is 2.51. The quantitative estimate of drug-likeness (QED) is 0.408. The smallest absolute Gasteiger partial charge is 0.186 e. The Morgan fingerprint density at radius 3 is 2.57 bits per heavy atom. The zero-order valence-electron chi connectivity index (χ0n) is 15.7. The Balaban J connectivity index is 0.000000336. The van der Waals surface area contributed by atoms with Crippen molar-refractivity contribution in [3.8, 4) is 0 Å². The highest BCUT2D eigenvalue weighted by molar-refractivity contribution is 8.03. The molecule has 5 rings (SSSR count). The van der Waals surface area contributed by atoms with Crippen LogP contribution in [0.5, 0.6) is 0 Å². The van der Waals surface area contributed by atoms with Gasteiger partial charge in [0.25, 0.3) is 0 Å². The Hall–Kier alpha value is -2.85. The first-order valence-corrected chi connectivity index (χ1v) is 10.2. The minimum atomic E-state index is 0.0806. The van der Waals surface area contributed by atoms with Crippen molar-refractivity contribution in [3.63, 3.8) is 0 Å². The minimum Gasteiger partial charge on any atom is -0.482 e. The standard InChI is InChI=1S/C21H16OS.C3H5NO/c1-14-17-12-11-15-7-5-6-10-18(15)21(17)23-20(14)13-19(22)16-8-3-2-4-9-16;1-2-5-3-4-1/h2-14H,1H3;3H,1-2H2. The fraction of sp³-hybridized carbons (Fsp3) is 0.167. The summed E-state index contributed by atoms with van der Waals surface area (Å²) < 4.78 is 4.65. The normalized spacial score (nSPS) is 18.5. The van der Waals surface area contributed by atoms with E-state index < -0.39 is 0 Å². The van der Waals surface area contributed by atoms with E-state index in [9.17, 15) is 4.79 Å². The lowest BCUT2D eigenvalue weighted by atomic mass is 9.96. The fourth-order valence-electron chi connectivity index (χ4n) is 3.31. The second kappa shape index (κ2) is 8.44. The highest BCUT2D eigenvalue weighted by atomic mass is 32.2. The van der Waals surface area contributed by atoms with Crippen molar-refractivity contribution in [2.75, 3.05) is 13.2 Å². The van der Waals surface area contributed by atoms with E-state index in [0.717, 1.165) is 23.6 Å². The van der Waals surface area contributed by atoms with Crippen LogP contribution in [0.1, 0.15) is 28.8 Å². The van der Waals surface area contributed by atoms with Crippen molar-refractivity contribution < 1.29 is 9.53 Å². The molecular formula is C24H21NO2S. The number of hydrogen-bond acceptors (Lipinski definition) is 4. The van der Waals surface area contributed by atoms with E-state index in [2.05, 4.69) is 53.1 Å². The molecule has 1 unspecified atom stereocenters. The van der Waals surface area contributed by atoms with E-state index >= 15 is 0 Å². The maximum atomic E-state index is 12.5. The van der Waals surface area contributed by atoms with E-state index in [-0.39, 0.29) is 11.7 Å². The number of carbonyl (C=O) groups excluding carboxylic acids is 1. The topological polar surface area (TPSA) is 38.7 Å². The fourth-order valence-corrected chi connectivity index (χ4v) is 4.67. The molecule has 140 valence electrons. The summed E-state index contributed by atoms with van der Waals surface area (Å²) in [5, 5.41) is 2.53. The van der Waals surface area contributed by atoms with Crippen molar-refractivity contribution >= 4 is 34.7 Å². The van der Waals surface area contributed by atoms with Crippen LogP contribution in [0.3, 0.4) is 0 Å². The number of benzene rings is 3. The van der Waals surface area contributed by atoms with Crippen LogP contribution in [0, 0.1) is 0 Å². The van der Waals surface area contributed by atoms with Gasteiger partial charge in [0.15, 0.2) is 12.2 Å². The minimum absolute atomic E-state index is 0.0806. The highest BCUT2D eigenvalue weighted by Gasteiger charge is 2.26. The molecule has 28 heavy (non-hydrogen) atoms. The number of fused-ring (bicyclic) bond motifs is 3. The van der Waals surface area contributed by atoms with Crippen LogP contribution in [0.4, 0.5) is 0 Å². The molecule has 0 radical (unpaired) electrons. The average Bonchev–Trinajstić information content (AvgIpc) is 3.42. The molecule has 2 aliphatic rings. The molecule has 4 heteroatoms. The number of nitrogens with zero attached hydrogens (tertiary/aromatic N) is 1. The monoisotopic (exact) mass is 387 g/mol. The third kappa shape index (κ3) is 3.87. The van der Waals surface area contributed by atoms with Gasteiger partial charge >= 0.3 is 0 Å². The molecule has 0 fully saturated rings. The Bertz CT molecular complexity index is 1050. The summed E-state index contributed by atoms with van der Waals surface area (Å²) in [5.74, 6) is 0.351. The number of thioether (sulfide) groups is 1. The number of carbonyl (C=O) groups is 1. The molecule has 2 aliphatic heterocycles. The first-order chi connectivity index (χ1) is 13.7. The molecule has 0 N–H and O–H groups in total. The van der Waals surface area contributed by atoms with Crippen LogP contribution in [-0.2, 0) is 4.74 Å². The van der Waals surface area contributed by atoms with Gasteiger partial charge in [-0.2, -0.15) is 0 Å². The molecule has 0 saturated carbocycles. The van der Waals surface area contributed by atoms with Crippen LogP contribution in [0.15, 0.2) is 87.6 Å². The van der Waals surface area contributed by atoms with Gasteiger partial charge in [-0.25, -0.2) is 0 Å². The zero-order chi connectivity index (χ0) is 19.3. The molecule has 0 amide bonds. The molecule has 0 bridgehead atoms. The van der Waals surface area contributed by atoms with E-state index in [4.69, 9.17) is 0 Å². The Morgan fingerprint density at radius 1 is 1.07 bits per heavy atom. The molecule has 0 saturated heterocycles. The molecule has 0 aliphatic carbocycles. The van der Waals surface area contributed by atoms with E-state index in [1.165, 1.54) is 27.6 Å². The second-order valence-electron chi connectivity index (χ2n) is 6.69. The lowest BCUT2D eigenvalue weighted by Crippen LogP contribution is -1.97. The van der Waals surface area contributed by atoms with Gasteiger partial charge in [0.2, 0.25) is 0 Å². The number of hydrogen-bond donors (Lipinski definition) is 0. The van der Waals surface area contributed by atoms with Gasteiger partial charge in [-0.15, -0.1) is 0 Å². The maximum Gasteiger partial charge on any atom is 0.186 e. The zero-order valence-corrected chi connectivity index (χ0v) is 16.5. The number of ether oxygens (including phenoxy) is 1. The predicted molar refractivity (Wildman–Crippen MR) is 116 cm³/mol. The Labute approximate surface area is 169 Å². The summed E-state index contributed by atoms with van der Waals surface area (Å²) in [6, 6.07) is 22.3. The molecular weight excluding hydrogens is 366 g/mol. The SMILES string of the molecule is C1=NCCO1.CC1C(=CC(=O)c2ccccc2)Sc2c1ccc1ccccc21. The van der Waals surface area contributed by atoms with Crippen molar-refractivity contribution in [2.24, 2.45) is 4.99 Å². The van der Waals surface area contributed by atoms with Crippen LogP contribution in [-0.4, -0.2) is 25.3 Å². The van der Waals surface area contributed by atoms with Gasteiger partial charge in [-0.1, -0.05) is 85.4 Å². The van der Waals surface area contributed by atoms with Crippen molar-refractivity contribution in [1.82, 2.24) is 0 Å². The summed E-state index contributed by atoms with van der Waals surface area (Å²) in [5.41, 5.74) is 2.06. The summed E-state index contributed by atoms with van der Waals surface area (Å²) in [6.07, 6.45) is 3.29. The lowest BCUT2D eigenvalue weighted by molar-refractivity contribution is 0.104. The van der Waals surface area contributed by atoms with Crippen LogP contribution < -0.4 is 0 Å². The van der Waals surface area contributed by atoms with Crippen LogP contribution in [0.2, 0.25) is 0 Å². The number of ketones is 1. The van der Waals surface area contributed by atoms with E-state index in [1.807, 2.05) is 30.3 Å². The Kier molecular flexibility index (Phi) is 5.58. The van der Waals surface area contributed by atoms with Gasteiger partial charge in [-0.3, -0.25) is 9.79 Å². The van der Waals surface area contributed by atoms with E-state index in [0.29, 0.717) is 0 Å². The number of allylic oxidation sites excluding steroid dienone is 2. The molecule has 0 aromatic heterocycles. The second-order valence-corrected chi connectivity index (χ2v) is 7.77. The van der Waals surface area contributed by atoms with Crippen molar-refractivity contribution in [1.29, 1.82) is 0 Å². The number of aliphatic imine (C=N–C) groups is 1.